The van der Waals surface area contributed by atoms with Gasteiger partial charge in [-0.15, -0.1) is 0 Å². The van der Waals surface area contributed by atoms with Crippen molar-refractivity contribution in [3.8, 4) is 0 Å². The van der Waals surface area contributed by atoms with E-state index in [1.54, 1.807) is 0 Å². The summed E-state index contributed by atoms with van der Waals surface area (Å²) in [6.07, 6.45) is 0.480. The number of hydrogen-bond acceptors (Lipinski definition) is 5. The van der Waals surface area contributed by atoms with Crippen LogP contribution in [0.25, 0.3) is 0 Å². The molecule has 0 aliphatic carbocycles. The second-order valence-corrected chi connectivity index (χ2v) is 8.41. The summed E-state index contributed by atoms with van der Waals surface area (Å²) in [6.45, 7) is 12.4. The average Bonchev–Trinajstić information content (AvgIpc) is 2.45. The second kappa shape index (κ2) is 8.51. The maximum absolute atomic E-state index is 12.1. The van der Waals surface area contributed by atoms with Crippen LogP contribution in [0.5, 0.6) is 0 Å². The predicted octanol–water partition coefficient (Wildman–Crippen LogP) is 4.15. The van der Waals surface area contributed by atoms with Crippen LogP contribution in [-0.4, -0.2) is 36.2 Å². The van der Waals surface area contributed by atoms with E-state index in [1.165, 1.54) is 5.56 Å². The van der Waals surface area contributed by atoms with Crippen LogP contribution in [0.15, 0.2) is 24.3 Å². The number of aryl methyl sites for hydroxylation is 1. The fourth-order valence-electron chi connectivity index (χ4n) is 3.01. The van der Waals surface area contributed by atoms with Crippen molar-refractivity contribution in [1.29, 1.82) is 0 Å². The lowest BCUT2D eigenvalue weighted by atomic mass is 10.1. The van der Waals surface area contributed by atoms with Gasteiger partial charge >= 0.3 is 5.97 Å². The number of ether oxygens (including phenoxy) is 4. The summed E-state index contributed by atoms with van der Waals surface area (Å²) in [7, 11) is 0. The van der Waals surface area contributed by atoms with Crippen molar-refractivity contribution >= 4 is 5.97 Å². The second-order valence-electron chi connectivity index (χ2n) is 8.41. The van der Waals surface area contributed by atoms with Gasteiger partial charge in [0.2, 0.25) is 0 Å². The van der Waals surface area contributed by atoms with Crippen molar-refractivity contribution in [3.05, 3.63) is 35.4 Å². The van der Waals surface area contributed by atoms with Crippen LogP contribution in [0.3, 0.4) is 0 Å². The van der Waals surface area contributed by atoms with Gasteiger partial charge in [0.1, 0.15) is 5.60 Å². The standard InChI is InChI=1S/C21H32O5/c1-15-7-9-16(10-8-15)13-23-14-18-11-17(24-21(5,6)25-18)12-19(22)26-20(2,3)4/h7-10,17-18H,11-14H2,1-6H3/t17-,18+/m1/s1. The van der Waals surface area contributed by atoms with Gasteiger partial charge < -0.3 is 18.9 Å². The molecule has 1 aromatic rings. The van der Waals surface area contributed by atoms with Crippen LogP contribution in [0.4, 0.5) is 0 Å². The molecule has 0 bridgehead atoms. The summed E-state index contributed by atoms with van der Waals surface area (Å²) >= 11 is 0. The van der Waals surface area contributed by atoms with Crippen LogP contribution in [0.1, 0.15) is 58.6 Å². The van der Waals surface area contributed by atoms with Crippen molar-refractivity contribution < 1.29 is 23.7 Å². The third-order valence-electron chi connectivity index (χ3n) is 3.93. The van der Waals surface area contributed by atoms with Gasteiger partial charge in [0, 0.05) is 6.42 Å². The Labute approximate surface area is 157 Å². The van der Waals surface area contributed by atoms with E-state index >= 15 is 0 Å². The highest BCUT2D eigenvalue weighted by atomic mass is 16.7. The molecular weight excluding hydrogens is 332 g/mol. The lowest BCUT2D eigenvalue weighted by molar-refractivity contribution is -0.306. The number of carbonyl (C=O) groups excluding carboxylic acids is 1. The van der Waals surface area contributed by atoms with Gasteiger partial charge in [0.15, 0.2) is 5.79 Å². The molecule has 0 amide bonds. The molecule has 2 atom stereocenters. The minimum Gasteiger partial charge on any atom is -0.460 e. The van der Waals surface area contributed by atoms with E-state index in [-0.39, 0.29) is 24.6 Å². The summed E-state index contributed by atoms with van der Waals surface area (Å²) in [5.74, 6) is -0.998. The van der Waals surface area contributed by atoms with E-state index in [0.29, 0.717) is 19.6 Å². The molecule has 0 aromatic heterocycles. The summed E-state index contributed by atoms with van der Waals surface area (Å²) in [4.78, 5) is 12.1. The Hall–Kier alpha value is -1.43. The van der Waals surface area contributed by atoms with Crippen molar-refractivity contribution in [3.63, 3.8) is 0 Å². The van der Waals surface area contributed by atoms with Gasteiger partial charge in [-0.3, -0.25) is 4.79 Å². The normalized spacial score (nSPS) is 22.8. The molecule has 0 saturated carbocycles. The molecule has 0 radical (unpaired) electrons. The van der Waals surface area contributed by atoms with Crippen LogP contribution >= 0.6 is 0 Å². The molecule has 1 aliphatic rings. The number of carbonyl (C=O) groups is 1. The van der Waals surface area contributed by atoms with E-state index in [9.17, 15) is 4.79 Å². The first-order valence-electron chi connectivity index (χ1n) is 9.23. The smallest absolute Gasteiger partial charge is 0.308 e. The van der Waals surface area contributed by atoms with Gasteiger partial charge in [-0.2, -0.15) is 0 Å². The topological polar surface area (TPSA) is 54.0 Å². The number of benzene rings is 1. The Morgan fingerprint density at radius 1 is 1.15 bits per heavy atom. The van der Waals surface area contributed by atoms with E-state index in [0.717, 1.165) is 5.56 Å². The third-order valence-corrected chi connectivity index (χ3v) is 3.93. The highest BCUT2D eigenvalue weighted by molar-refractivity contribution is 5.70. The van der Waals surface area contributed by atoms with Crippen molar-refractivity contribution in [2.45, 2.75) is 84.6 Å². The molecule has 1 saturated heterocycles. The molecule has 26 heavy (non-hydrogen) atoms. The van der Waals surface area contributed by atoms with Crippen LogP contribution in [-0.2, 0) is 30.3 Å². The summed E-state index contributed by atoms with van der Waals surface area (Å²) in [5, 5.41) is 0. The minimum absolute atomic E-state index is 0.114. The van der Waals surface area contributed by atoms with Gasteiger partial charge in [-0.25, -0.2) is 0 Å². The summed E-state index contributed by atoms with van der Waals surface area (Å²) in [5.41, 5.74) is 1.87. The van der Waals surface area contributed by atoms with Gasteiger partial charge in [0.05, 0.1) is 31.8 Å². The van der Waals surface area contributed by atoms with Crippen LogP contribution < -0.4 is 0 Å². The predicted molar refractivity (Wildman–Crippen MR) is 99.7 cm³/mol. The van der Waals surface area contributed by atoms with Crippen LogP contribution in [0, 0.1) is 6.92 Å². The Morgan fingerprint density at radius 3 is 2.38 bits per heavy atom. The maximum atomic E-state index is 12.1. The van der Waals surface area contributed by atoms with Gasteiger partial charge in [-0.1, -0.05) is 29.8 Å². The van der Waals surface area contributed by atoms with Crippen molar-refractivity contribution in [2.24, 2.45) is 0 Å². The molecule has 0 spiro atoms. The Bertz CT molecular complexity index is 585. The largest absolute Gasteiger partial charge is 0.460 e. The molecule has 5 heteroatoms. The summed E-state index contributed by atoms with van der Waals surface area (Å²) < 4.78 is 23.1. The maximum Gasteiger partial charge on any atom is 0.308 e. The van der Waals surface area contributed by atoms with E-state index in [4.69, 9.17) is 18.9 Å². The summed E-state index contributed by atoms with van der Waals surface area (Å²) in [6, 6.07) is 8.28. The highest BCUT2D eigenvalue weighted by Crippen LogP contribution is 2.29. The first-order chi connectivity index (χ1) is 12.0. The Morgan fingerprint density at radius 2 is 1.77 bits per heavy atom. The zero-order chi connectivity index (χ0) is 19.4. The monoisotopic (exact) mass is 364 g/mol. The Balaban J connectivity index is 1.84. The molecule has 1 aliphatic heterocycles. The molecule has 2 rings (SSSR count). The molecule has 5 nitrogen and oxygen atoms in total. The molecule has 1 fully saturated rings. The Kier molecular flexibility index (Phi) is 6.83. The number of rotatable bonds is 6. The molecule has 1 aromatic carbocycles. The van der Waals surface area contributed by atoms with E-state index in [1.807, 2.05) is 34.6 Å². The van der Waals surface area contributed by atoms with E-state index in [2.05, 4.69) is 31.2 Å². The number of hydrogen-bond donors (Lipinski definition) is 0. The molecule has 1 heterocycles. The highest BCUT2D eigenvalue weighted by Gasteiger charge is 2.37. The third kappa shape index (κ3) is 7.44. The quantitative estimate of drug-likeness (QED) is 0.710. The van der Waals surface area contributed by atoms with Crippen LogP contribution in [0.2, 0.25) is 0 Å². The minimum atomic E-state index is -0.747. The molecule has 0 unspecified atom stereocenters. The fourth-order valence-corrected chi connectivity index (χ4v) is 3.01. The van der Waals surface area contributed by atoms with Gasteiger partial charge in [-0.05, 0) is 47.1 Å². The molecular formula is C21H32O5. The van der Waals surface area contributed by atoms with Gasteiger partial charge in [0.25, 0.3) is 0 Å². The zero-order valence-electron chi connectivity index (χ0n) is 16.8. The fraction of sp³-hybridized carbons (Fsp3) is 0.667. The molecule has 0 N–H and O–H groups in total. The number of esters is 1. The van der Waals surface area contributed by atoms with Crippen molar-refractivity contribution in [1.82, 2.24) is 0 Å². The zero-order valence-corrected chi connectivity index (χ0v) is 16.8. The van der Waals surface area contributed by atoms with Crippen molar-refractivity contribution in [2.75, 3.05) is 6.61 Å². The van der Waals surface area contributed by atoms with E-state index < -0.39 is 11.4 Å². The SMILES string of the molecule is Cc1ccc(COC[C@@H]2C[C@H](CC(=O)OC(C)(C)C)OC(C)(C)O2)cc1. The lowest BCUT2D eigenvalue weighted by Crippen LogP contribution is -2.47. The lowest BCUT2D eigenvalue weighted by Gasteiger charge is -2.40. The first-order valence-corrected chi connectivity index (χ1v) is 9.23. The average molecular weight is 364 g/mol. The molecule has 146 valence electrons. The first kappa shape index (κ1) is 20.9.